The lowest BCUT2D eigenvalue weighted by molar-refractivity contribution is 0.173. The fourth-order valence-corrected chi connectivity index (χ4v) is 0.968. The Hall–Kier alpha value is -1.02. The molecule has 60 valence electrons. The van der Waals surface area contributed by atoms with E-state index in [1.807, 2.05) is 6.92 Å². The Bertz CT molecular complexity index is 233. The van der Waals surface area contributed by atoms with Gasteiger partial charge in [-0.3, -0.25) is 0 Å². The molecule has 0 amide bonds. The number of phenolic OH excluding ortho intramolecular Hbond substituents is 1. The molecular weight excluding hydrogens is 140 g/mol. The van der Waals surface area contributed by atoms with Gasteiger partial charge in [0.25, 0.3) is 0 Å². The summed E-state index contributed by atoms with van der Waals surface area (Å²) in [5.74, 6) is 0.204. The van der Waals surface area contributed by atoms with Gasteiger partial charge in [-0.2, -0.15) is 0 Å². The lowest BCUT2D eigenvalue weighted by Crippen LogP contribution is -1.93. The van der Waals surface area contributed by atoms with Crippen LogP contribution in [-0.2, 0) is 0 Å². The molecule has 0 heterocycles. The lowest BCUT2D eigenvalue weighted by Gasteiger charge is -2.07. The van der Waals surface area contributed by atoms with Crippen LogP contribution < -0.4 is 0 Å². The molecule has 2 heteroatoms. The van der Waals surface area contributed by atoms with Crippen LogP contribution in [0.4, 0.5) is 0 Å². The van der Waals surface area contributed by atoms with Crippen molar-refractivity contribution in [3.05, 3.63) is 29.8 Å². The van der Waals surface area contributed by atoms with E-state index in [9.17, 15) is 5.11 Å². The van der Waals surface area contributed by atoms with E-state index < -0.39 is 6.10 Å². The van der Waals surface area contributed by atoms with Gasteiger partial charge in [0.2, 0.25) is 0 Å². The number of phenols is 1. The highest BCUT2D eigenvalue weighted by Crippen LogP contribution is 2.19. The number of rotatable bonds is 2. The number of aromatic hydroxyl groups is 1. The topological polar surface area (TPSA) is 40.5 Å². The van der Waals surface area contributed by atoms with Crippen molar-refractivity contribution < 1.29 is 10.2 Å². The van der Waals surface area contributed by atoms with Crippen molar-refractivity contribution in [1.29, 1.82) is 0 Å². The van der Waals surface area contributed by atoms with Crippen LogP contribution in [0.15, 0.2) is 24.3 Å². The van der Waals surface area contributed by atoms with Gasteiger partial charge in [-0.1, -0.05) is 19.1 Å². The van der Waals surface area contributed by atoms with Crippen LogP contribution in [0.25, 0.3) is 0 Å². The third kappa shape index (κ3) is 1.95. The van der Waals surface area contributed by atoms with E-state index in [1.165, 1.54) is 0 Å². The Morgan fingerprint density at radius 3 is 2.73 bits per heavy atom. The van der Waals surface area contributed by atoms with Crippen molar-refractivity contribution >= 4 is 0 Å². The van der Waals surface area contributed by atoms with E-state index in [1.54, 1.807) is 24.3 Å². The van der Waals surface area contributed by atoms with E-state index in [4.69, 9.17) is 5.11 Å². The van der Waals surface area contributed by atoms with E-state index in [2.05, 4.69) is 0 Å². The number of hydrogen-bond donors (Lipinski definition) is 2. The molecule has 0 saturated heterocycles. The van der Waals surface area contributed by atoms with Crippen LogP contribution >= 0.6 is 0 Å². The minimum Gasteiger partial charge on any atom is -0.508 e. The zero-order chi connectivity index (χ0) is 8.27. The van der Waals surface area contributed by atoms with Crippen LogP contribution in [0.2, 0.25) is 0 Å². The lowest BCUT2D eigenvalue weighted by atomic mass is 10.1. The third-order valence-electron chi connectivity index (χ3n) is 1.64. The van der Waals surface area contributed by atoms with Crippen molar-refractivity contribution in [2.75, 3.05) is 0 Å². The average molecular weight is 152 g/mol. The van der Waals surface area contributed by atoms with E-state index in [0.717, 1.165) is 5.56 Å². The number of aliphatic hydroxyl groups is 1. The molecule has 0 fully saturated rings. The molecule has 2 nitrogen and oxygen atoms in total. The summed E-state index contributed by atoms with van der Waals surface area (Å²) < 4.78 is 0. The highest BCUT2D eigenvalue weighted by atomic mass is 16.3. The van der Waals surface area contributed by atoms with E-state index >= 15 is 0 Å². The van der Waals surface area contributed by atoms with Crippen LogP contribution in [0, 0.1) is 0 Å². The highest BCUT2D eigenvalue weighted by molar-refractivity contribution is 5.28. The van der Waals surface area contributed by atoms with E-state index in [0.29, 0.717) is 6.42 Å². The summed E-state index contributed by atoms with van der Waals surface area (Å²) in [5.41, 5.74) is 0.771. The SMILES string of the molecule is CC[C@H](O)c1cccc(O)c1. The quantitative estimate of drug-likeness (QED) is 0.678. The molecule has 0 aliphatic rings. The second-order valence-electron chi connectivity index (χ2n) is 2.52. The van der Waals surface area contributed by atoms with Crippen molar-refractivity contribution in [1.82, 2.24) is 0 Å². The average Bonchev–Trinajstić information content (AvgIpc) is 2.03. The van der Waals surface area contributed by atoms with Gasteiger partial charge >= 0.3 is 0 Å². The molecule has 2 N–H and O–H groups in total. The molecule has 0 aliphatic heterocycles. The zero-order valence-electron chi connectivity index (χ0n) is 6.49. The van der Waals surface area contributed by atoms with Crippen molar-refractivity contribution in [2.45, 2.75) is 19.4 Å². The Kier molecular flexibility index (Phi) is 2.49. The Labute approximate surface area is 66.1 Å². The molecule has 0 unspecified atom stereocenters. The molecule has 0 bridgehead atoms. The van der Waals surface area contributed by atoms with Crippen molar-refractivity contribution in [3.63, 3.8) is 0 Å². The predicted octanol–water partition coefficient (Wildman–Crippen LogP) is 1.84. The molecular formula is C9H12O2. The summed E-state index contributed by atoms with van der Waals surface area (Å²) in [4.78, 5) is 0. The monoisotopic (exact) mass is 152 g/mol. The molecule has 0 spiro atoms. The zero-order valence-corrected chi connectivity index (χ0v) is 6.49. The first-order valence-corrected chi connectivity index (χ1v) is 3.71. The molecule has 1 aromatic rings. The second-order valence-corrected chi connectivity index (χ2v) is 2.52. The molecule has 1 rings (SSSR count). The maximum atomic E-state index is 9.34. The number of aliphatic hydroxyl groups excluding tert-OH is 1. The maximum Gasteiger partial charge on any atom is 0.115 e. The molecule has 0 radical (unpaired) electrons. The Morgan fingerprint density at radius 2 is 2.18 bits per heavy atom. The van der Waals surface area contributed by atoms with Gasteiger partial charge in [0, 0.05) is 0 Å². The highest BCUT2D eigenvalue weighted by Gasteiger charge is 2.03. The van der Waals surface area contributed by atoms with Gasteiger partial charge in [-0.05, 0) is 24.1 Å². The summed E-state index contributed by atoms with van der Waals surface area (Å²) >= 11 is 0. The minimum atomic E-state index is -0.456. The Morgan fingerprint density at radius 1 is 1.45 bits per heavy atom. The van der Waals surface area contributed by atoms with Gasteiger partial charge < -0.3 is 10.2 Å². The largest absolute Gasteiger partial charge is 0.508 e. The standard InChI is InChI=1S/C9H12O2/c1-2-9(11)7-4-3-5-8(10)6-7/h3-6,9-11H,2H2,1H3/t9-/m0/s1. The fraction of sp³-hybridized carbons (Fsp3) is 0.333. The van der Waals surface area contributed by atoms with Gasteiger partial charge in [0.1, 0.15) is 5.75 Å². The second kappa shape index (κ2) is 3.39. The molecule has 1 aromatic carbocycles. The van der Waals surface area contributed by atoms with Crippen LogP contribution in [0.1, 0.15) is 25.0 Å². The third-order valence-corrected chi connectivity index (χ3v) is 1.64. The minimum absolute atomic E-state index is 0.204. The molecule has 11 heavy (non-hydrogen) atoms. The molecule has 0 aliphatic carbocycles. The summed E-state index contributed by atoms with van der Waals surface area (Å²) in [6.07, 6.45) is 0.214. The molecule has 1 atom stereocenters. The predicted molar refractivity (Wildman–Crippen MR) is 43.4 cm³/mol. The maximum absolute atomic E-state index is 9.34. The van der Waals surface area contributed by atoms with Gasteiger partial charge in [-0.25, -0.2) is 0 Å². The first kappa shape index (κ1) is 8.08. The fourth-order valence-electron chi connectivity index (χ4n) is 0.968. The summed E-state index contributed by atoms with van der Waals surface area (Å²) in [7, 11) is 0. The van der Waals surface area contributed by atoms with Gasteiger partial charge in [0.05, 0.1) is 6.10 Å². The van der Waals surface area contributed by atoms with Crippen molar-refractivity contribution in [3.8, 4) is 5.75 Å². The van der Waals surface area contributed by atoms with Crippen LogP contribution in [-0.4, -0.2) is 10.2 Å². The van der Waals surface area contributed by atoms with Crippen LogP contribution in [0.5, 0.6) is 5.75 Å². The number of hydrogen-bond acceptors (Lipinski definition) is 2. The van der Waals surface area contributed by atoms with Gasteiger partial charge in [0.15, 0.2) is 0 Å². The molecule has 0 saturated carbocycles. The molecule has 0 aromatic heterocycles. The Balaban J connectivity index is 2.86. The number of benzene rings is 1. The summed E-state index contributed by atoms with van der Waals surface area (Å²) in [6.45, 7) is 1.90. The van der Waals surface area contributed by atoms with Gasteiger partial charge in [-0.15, -0.1) is 0 Å². The first-order valence-electron chi connectivity index (χ1n) is 3.71. The van der Waals surface area contributed by atoms with Crippen molar-refractivity contribution in [2.24, 2.45) is 0 Å². The normalized spacial score (nSPS) is 12.9. The smallest absolute Gasteiger partial charge is 0.115 e. The summed E-state index contributed by atoms with van der Waals surface area (Å²) in [5, 5.41) is 18.4. The van der Waals surface area contributed by atoms with E-state index in [-0.39, 0.29) is 5.75 Å². The first-order chi connectivity index (χ1) is 5.24. The van der Waals surface area contributed by atoms with Crippen LogP contribution in [0.3, 0.4) is 0 Å². The summed E-state index contributed by atoms with van der Waals surface area (Å²) in [6, 6.07) is 6.69.